The van der Waals surface area contributed by atoms with Gasteiger partial charge in [-0.05, 0) is 11.6 Å². The molecule has 17 heavy (non-hydrogen) atoms. The molecule has 1 rings (SSSR count). The van der Waals surface area contributed by atoms with Crippen molar-refractivity contribution < 1.29 is 19.0 Å². The Labute approximate surface area is 101 Å². The van der Waals surface area contributed by atoms with Crippen LogP contribution < -0.4 is 0 Å². The van der Waals surface area contributed by atoms with Crippen molar-refractivity contribution in [3.8, 4) is 0 Å². The predicted octanol–water partition coefficient (Wildman–Crippen LogP) is 2.54. The molecule has 4 nitrogen and oxygen atoms in total. The van der Waals surface area contributed by atoms with E-state index in [9.17, 15) is 4.79 Å². The van der Waals surface area contributed by atoms with E-state index in [1.807, 2.05) is 30.3 Å². The van der Waals surface area contributed by atoms with Gasteiger partial charge in [-0.15, -0.1) is 0 Å². The van der Waals surface area contributed by atoms with Crippen molar-refractivity contribution in [1.82, 2.24) is 0 Å². The van der Waals surface area contributed by atoms with Crippen LogP contribution in [0.2, 0.25) is 0 Å². The summed E-state index contributed by atoms with van der Waals surface area (Å²) in [6.45, 7) is 4.29. The summed E-state index contributed by atoms with van der Waals surface area (Å²) in [6.07, 6.45) is 0.270. The van der Waals surface area contributed by atoms with Crippen molar-refractivity contribution in [2.75, 3.05) is 13.7 Å². The highest BCUT2D eigenvalue weighted by molar-refractivity contribution is 5.60. The highest BCUT2D eigenvalue weighted by Crippen LogP contribution is 2.03. The molecule has 0 aliphatic carbocycles. The van der Waals surface area contributed by atoms with Crippen molar-refractivity contribution in [3.63, 3.8) is 0 Å². The van der Waals surface area contributed by atoms with E-state index >= 15 is 0 Å². The maximum Gasteiger partial charge on any atom is 0.508 e. The van der Waals surface area contributed by atoms with Gasteiger partial charge in [-0.25, -0.2) is 4.79 Å². The summed E-state index contributed by atoms with van der Waals surface area (Å²) in [5.74, 6) is 0. The van der Waals surface area contributed by atoms with Crippen LogP contribution in [-0.4, -0.2) is 26.0 Å². The van der Waals surface area contributed by atoms with Crippen LogP contribution in [-0.2, 0) is 20.8 Å². The first-order valence-electron chi connectivity index (χ1n) is 5.25. The summed E-state index contributed by atoms with van der Waals surface area (Å²) < 4.78 is 14.7. The summed E-state index contributed by atoms with van der Waals surface area (Å²) >= 11 is 0. The lowest BCUT2D eigenvalue weighted by Crippen LogP contribution is -2.21. The van der Waals surface area contributed by atoms with Gasteiger partial charge in [-0.3, -0.25) is 0 Å². The van der Waals surface area contributed by atoms with E-state index in [-0.39, 0.29) is 6.61 Å². The molecule has 0 heterocycles. The molecule has 0 N–H and O–H groups in total. The number of methoxy groups -OCH3 is 1. The molecule has 1 unspecified atom stereocenters. The van der Waals surface area contributed by atoms with Gasteiger partial charge < -0.3 is 14.2 Å². The standard InChI is InChI=1S/C13H16O4/c1-3-12(17-13(14)15-2)10-16-9-11-7-5-4-6-8-11/h3-8,12H,1,9-10H2,2H3. The molecule has 4 heteroatoms. The third kappa shape index (κ3) is 5.17. The topological polar surface area (TPSA) is 44.8 Å². The molecule has 0 aromatic heterocycles. The lowest BCUT2D eigenvalue weighted by molar-refractivity contribution is 0.00525. The Hall–Kier alpha value is -1.81. The molecule has 1 aromatic rings. The van der Waals surface area contributed by atoms with E-state index in [0.717, 1.165) is 5.56 Å². The second-order valence-electron chi connectivity index (χ2n) is 3.35. The maximum absolute atomic E-state index is 10.9. The second kappa shape index (κ2) is 7.46. The first-order valence-corrected chi connectivity index (χ1v) is 5.25. The van der Waals surface area contributed by atoms with Crippen molar-refractivity contribution >= 4 is 6.16 Å². The van der Waals surface area contributed by atoms with Crippen LogP contribution in [0.25, 0.3) is 0 Å². The molecule has 92 valence electrons. The Bertz CT molecular complexity index is 348. The van der Waals surface area contributed by atoms with Gasteiger partial charge in [-0.1, -0.05) is 36.9 Å². The van der Waals surface area contributed by atoms with Crippen LogP contribution >= 0.6 is 0 Å². The Morgan fingerprint density at radius 1 is 1.41 bits per heavy atom. The summed E-state index contributed by atoms with van der Waals surface area (Å²) in [4.78, 5) is 10.9. The molecular weight excluding hydrogens is 220 g/mol. The van der Waals surface area contributed by atoms with E-state index in [2.05, 4.69) is 11.3 Å². The molecule has 0 aliphatic heterocycles. The van der Waals surface area contributed by atoms with Gasteiger partial charge in [-0.2, -0.15) is 0 Å². The van der Waals surface area contributed by atoms with Crippen LogP contribution in [0.15, 0.2) is 43.0 Å². The van der Waals surface area contributed by atoms with Crippen molar-refractivity contribution in [1.29, 1.82) is 0 Å². The number of benzene rings is 1. The van der Waals surface area contributed by atoms with Gasteiger partial charge in [0.05, 0.1) is 20.3 Å². The fraction of sp³-hybridized carbons (Fsp3) is 0.308. The lowest BCUT2D eigenvalue weighted by Gasteiger charge is -2.13. The van der Waals surface area contributed by atoms with Gasteiger partial charge in [0.2, 0.25) is 0 Å². The Balaban J connectivity index is 2.29. The van der Waals surface area contributed by atoms with Crippen LogP contribution in [0, 0.1) is 0 Å². The van der Waals surface area contributed by atoms with Crippen molar-refractivity contribution in [2.24, 2.45) is 0 Å². The molecule has 0 saturated heterocycles. The van der Waals surface area contributed by atoms with Gasteiger partial charge in [0.25, 0.3) is 0 Å². The highest BCUT2D eigenvalue weighted by atomic mass is 16.7. The number of hydrogen-bond acceptors (Lipinski definition) is 4. The molecule has 1 aromatic carbocycles. The largest absolute Gasteiger partial charge is 0.508 e. The average molecular weight is 236 g/mol. The summed E-state index contributed by atoms with van der Waals surface area (Å²) in [5, 5.41) is 0. The zero-order valence-electron chi connectivity index (χ0n) is 9.80. The Morgan fingerprint density at radius 3 is 2.71 bits per heavy atom. The molecule has 0 amide bonds. The van der Waals surface area contributed by atoms with Crippen molar-refractivity contribution in [3.05, 3.63) is 48.6 Å². The first kappa shape index (κ1) is 13.3. The minimum Gasteiger partial charge on any atom is -0.438 e. The predicted molar refractivity (Wildman–Crippen MR) is 63.6 cm³/mol. The van der Waals surface area contributed by atoms with E-state index in [1.54, 1.807) is 0 Å². The quantitative estimate of drug-likeness (QED) is 0.562. The Morgan fingerprint density at radius 2 is 2.12 bits per heavy atom. The lowest BCUT2D eigenvalue weighted by atomic mass is 10.2. The summed E-state index contributed by atoms with van der Waals surface area (Å²) in [6, 6.07) is 9.74. The second-order valence-corrected chi connectivity index (χ2v) is 3.35. The SMILES string of the molecule is C=CC(COCc1ccccc1)OC(=O)OC. The van der Waals surface area contributed by atoms with E-state index in [1.165, 1.54) is 13.2 Å². The van der Waals surface area contributed by atoms with Crippen LogP contribution in [0.5, 0.6) is 0 Å². The molecule has 0 aliphatic rings. The van der Waals surface area contributed by atoms with Crippen LogP contribution in [0.1, 0.15) is 5.56 Å². The van der Waals surface area contributed by atoms with E-state index in [0.29, 0.717) is 6.61 Å². The minimum absolute atomic E-state index is 0.257. The molecule has 0 saturated carbocycles. The summed E-state index contributed by atoms with van der Waals surface area (Å²) in [7, 11) is 1.26. The van der Waals surface area contributed by atoms with E-state index < -0.39 is 12.3 Å². The number of carbonyl (C=O) groups excluding carboxylic acids is 1. The van der Waals surface area contributed by atoms with Crippen molar-refractivity contribution in [2.45, 2.75) is 12.7 Å². The number of ether oxygens (including phenoxy) is 3. The summed E-state index contributed by atoms with van der Waals surface area (Å²) in [5.41, 5.74) is 1.06. The van der Waals surface area contributed by atoms with Crippen LogP contribution in [0.4, 0.5) is 4.79 Å². The maximum atomic E-state index is 10.9. The highest BCUT2D eigenvalue weighted by Gasteiger charge is 2.10. The van der Waals surface area contributed by atoms with Gasteiger partial charge in [0.15, 0.2) is 0 Å². The fourth-order valence-corrected chi connectivity index (χ4v) is 1.19. The smallest absolute Gasteiger partial charge is 0.438 e. The number of carbonyl (C=O) groups is 1. The Kier molecular flexibility index (Phi) is 5.82. The molecule has 1 atom stereocenters. The number of rotatable bonds is 6. The minimum atomic E-state index is -0.738. The van der Waals surface area contributed by atoms with Gasteiger partial charge >= 0.3 is 6.16 Å². The average Bonchev–Trinajstić information content (AvgIpc) is 2.38. The fourth-order valence-electron chi connectivity index (χ4n) is 1.19. The monoisotopic (exact) mass is 236 g/mol. The van der Waals surface area contributed by atoms with Gasteiger partial charge in [0.1, 0.15) is 6.10 Å². The molecule has 0 radical (unpaired) electrons. The zero-order valence-corrected chi connectivity index (χ0v) is 9.80. The first-order chi connectivity index (χ1) is 8.26. The zero-order chi connectivity index (χ0) is 12.5. The third-order valence-corrected chi connectivity index (χ3v) is 2.07. The van der Waals surface area contributed by atoms with Gasteiger partial charge in [0, 0.05) is 0 Å². The molecular formula is C13H16O4. The normalized spacial score (nSPS) is 11.6. The van der Waals surface area contributed by atoms with Crippen LogP contribution in [0.3, 0.4) is 0 Å². The molecule has 0 fully saturated rings. The van der Waals surface area contributed by atoms with E-state index in [4.69, 9.17) is 9.47 Å². The number of hydrogen-bond donors (Lipinski definition) is 0. The molecule has 0 bridgehead atoms. The third-order valence-electron chi connectivity index (χ3n) is 2.07. The molecule has 0 spiro atoms.